The summed E-state index contributed by atoms with van der Waals surface area (Å²) in [5.74, 6) is -0.00800. The van der Waals surface area contributed by atoms with Gasteiger partial charge < -0.3 is 14.2 Å². The van der Waals surface area contributed by atoms with Crippen LogP contribution in [0, 0.1) is 5.92 Å². The van der Waals surface area contributed by atoms with E-state index in [1.807, 2.05) is 0 Å². The number of hydrogen-bond donors (Lipinski definition) is 0. The predicted molar refractivity (Wildman–Crippen MR) is 243 cm³/mol. The molecule has 0 aromatic carbocycles. The monoisotopic (exact) mass is 807 g/mol. The Kier molecular flexibility index (Phi) is 44.2. The summed E-state index contributed by atoms with van der Waals surface area (Å²) in [6, 6.07) is 0. The number of unbranched alkanes of at least 4 members (excludes halogenated alkanes) is 33. The number of carbonyl (C=O) groups is 3. The van der Waals surface area contributed by atoms with Crippen molar-refractivity contribution in [3.8, 4) is 0 Å². The van der Waals surface area contributed by atoms with Crippen LogP contribution in [0.25, 0.3) is 0 Å². The van der Waals surface area contributed by atoms with Crippen LogP contribution in [-0.4, -0.2) is 37.2 Å². The SMILES string of the molecule is CCCCCCCCCCCCCCCCCC(=O)OC[C@@H](COC(=O)CCCCCCCCCCCCCCCCCCC(C)C)OC(=O)CCCCCCC. The van der Waals surface area contributed by atoms with Gasteiger partial charge in [0, 0.05) is 19.3 Å². The maximum atomic E-state index is 12.6. The van der Waals surface area contributed by atoms with Crippen molar-refractivity contribution in [2.24, 2.45) is 5.92 Å². The minimum absolute atomic E-state index is 0.0644. The third-order valence-electron chi connectivity index (χ3n) is 11.5. The lowest BCUT2D eigenvalue weighted by atomic mass is 10.0. The summed E-state index contributed by atoms with van der Waals surface area (Å²) in [4.78, 5) is 37.6. The summed E-state index contributed by atoms with van der Waals surface area (Å²) in [6.45, 7) is 8.96. The van der Waals surface area contributed by atoms with Gasteiger partial charge in [-0.3, -0.25) is 14.4 Å². The Morgan fingerprint density at radius 2 is 0.579 bits per heavy atom. The zero-order valence-electron chi connectivity index (χ0n) is 38.8. The van der Waals surface area contributed by atoms with Gasteiger partial charge in [0.25, 0.3) is 0 Å². The normalized spacial score (nSPS) is 11.9. The molecule has 6 heteroatoms. The molecule has 0 aliphatic rings. The lowest BCUT2D eigenvalue weighted by Gasteiger charge is -2.18. The number of rotatable bonds is 46. The van der Waals surface area contributed by atoms with Crippen LogP contribution in [-0.2, 0) is 28.6 Å². The number of ether oxygens (including phenoxy) is 3. The largest absolute Gasteiger partial charge is 0.462 e. The quantitative estimate of drug-likeness (QED) is 0.0346. The first-order valence-electron chi connectivity index (χ1n) is 25.4. The van der Waals surface area contributed by atoms with Crippen molar-refractivity contribution in [2.75, 3.05) is 13.2 Å². The molecule has 0 radical (unpaired) electrons. The number of esters is 3. The topological polar surface area (TPSA) is 78.9 Å². The molecule has 0 N–H and O–H groups in total. The Bertz CT molecular complexity index is 857. The average Bonchev–Trinajstić information content (AvgIpc) is 3.19. The molecule has 6 nitrogen and oxygen atoms in total. The zero-order chi connectivity index (χ0) is 41.7. The number of hydrogen-bond acceptors (Lipinski definition) is 6. The van der Waals surface area contributed by atoms with Gasteiger partial charge in [-0.05, 0) is 25.2 Å². The van der Waals surface area contributed by atoms with Gasteiger partial charge in [0.1, 0.15) is 13.2 Å². The second kappa shape index (κ2) is 45.5. The van der Waals surface area contributed by atoms with Crippen molar-refractivity contribution in [1.29, 1.82) is 0 Å². The Balaban J connectivity index is 4.05. The van der Waals surface area contributed by atoms with E-state index in [2.05, 4.69) is 27.7 Å². The fourth-order valence-electron chi connectivity index (χ4n) is 7.69. The molecule has 0 unspecified atom stereocenters. The van der Waals surface area contributed by atoms with Gasteiger partial charge in [-0.25, -0.2) is 0 Å². The standard InChI is InChI=1S/C51H98O6/c1-5-7-9-11-12-13-14-15-18-22-25-28-31-35-38-42-49(52)55-45-48(57-51(54)44-40-33-10-8-6-2)46-56-50(53)43-39-36-32-29-26-23-20-17-16-19-21-24-27-30-34-37-41-47(3)4/h47-48H,5-46H2,1-4H3/t48-/m0/s1. The number of carbonyl (C=O) groups excluding carboxylic acids is 3. The molecule has 1 atom stereocenters. The van der Waals surface area contributed by atoms with Crippen LogP contribution < -0.4 is 0 Å². The van der Waals surface area contributed by atoms with Crippen LogP contribution in [0.3, 0.4) is 0 Å². The van der Waals surface area contributed by atoms with Gasteiger partial charge in [0.2, 0.25) is 0 Å². The maximum absolute atomic E-state index is 12.6. The van der Waals surface area contributed by atoms with E-state index in [0.717, 1.165) is 70.1 Å². The van der Waals surface area contributed by atoms with Crippen molar-refractivity contribution in [2.45, 2.75) is 291 Å². The third kappa shape index (κ3) is 45.3. The van der Waals surface area contributed by atoms with E-state index in [4.69, 9.17) is 14.2 Å². The van der Waals surface area contributed by atoms with Gasteiger partial charge in [-0.15, -0.1) is 0 Å². The van der Waals surface area contributed by atoms with E-state index in [1.54, 1.807) is 0 Å². The molecule has 0 aliphatic heterocycles. The molecule has 0 aromatic heterocycles. The van der Waals surface area contributed by atoms with Crippen LogP contribution in [0.1, 0.15) is 285 Å². The molecule has 0 aromatic rings. The van der Waals surface area contributed by atoms with Crippen LogP contribution >= 0.6 is 0 Å². The van der Waals surface area contributed by atoms with Crippen molar-refractivity contribution in [3.63, 3.8) is 0 Å². The summed E-state index contributed by atoms with van der Waals surface area (Å²) < 4.78 is 16.7. The third-order valence-corrected chi connectivity index (χ3v) is 11.5. The first kappa shape index (κ1) is 55.4. The fourth-order valence-corrected chi connectivity index (χ4v) is 7.69. The van der Waals surface area contributed by atoms with Gasteiger partial charge in [-0.2, -0.15) is 0 Å². The molecule has 57 heavy (non-hydrogen) atoms. The van der Waals surface area contributed by atoms with Gasteiger partial charge >= 0.3 is 17.9 Å². The highest BCUT2D eigenvalue weighted by Gasteiger charge is 2.19. The summed E-state index contributed by atoms with van der Waals surface area (Å²) in [5.41, 5.74) is 0. The molecule has 0 aliphatic carbocycles. The highest BCUT2D eigenvalue weighted by molar-refractivity contribution is 5.71. The predicted octanol–water partition coefficient (Wildman–Crippen LogP) is 16.3. The lowest BCUT2D eigenvalue weighted by Crippen LogP contribution is -2.30. The summed E-state index contributed by atoms with van der Waals surface area (Å²) in [6.07, 6.45) is 47.0. The minimum Gasteiger partial charge on any atom is -0.462 e. The molecule has 0 amide bonds. The first-order valence-corrected chi connectivity index (χ1v) is 25.4. The second-order valence-corrected chi connectivity index (χ2v) is 17.9. The first-order chi connectivity index (χ1) is 27.9. The molecule has 0 saturated carbocycles. The van der Waals surface area contributed by atoms with Crippen molar-refractivity contribution < 1.29 is 28.6 Å². The Hall–Kier alpha value is -1.59. The van der Waals surface area contributed by atoms with E-state index in [1.165, 1.54) is 173 Å². The van der Waals surface area contributed by atoms with Crippen molar-refractivity contribution >= 4 is 17.9 Å². The molecule has 0 saturated heterocycles. The van der Waals surface area contributed by atoms with Crippen molar-refractivity contribution in [1.82, 2.24) is 0 Å². The van der Waals surface area contributed by atoms with Crippen LogP contribution in [0.15, 0.2) is 0 Å². The van der Waals surface area contributed by atoms with Crippen LogP contribution in [0.2, 0.25) is 0 Å². The maximum Gasteiger partial charge on any atom is 0.306 e. The highest BCUT2D eigenvalue weighted by atomic mass is 16.6. The Morgan fingerprint density at radius 1 is 0.333 bits per heavy atom. The summed E-state index contributed by atoms with van der Waals surface area (Å²) in [7, 11) is 0. The smallest absolute Gasteiger partial charge is 0.306 e. The fraction of sp³-hybridized carbons (Fsp3) is 0.941. The molecule has 0 heterocycles. The summed E-state index contributed by atoms with van der Waals surface area (Å²) >= 11 is 0. The average molecular weight is 807 g/mol. The molecule has 0 rings (SSSR count). The molecule has 338 valence electrons. The van der Waals surface area contributed by atoms with Gasteiger partial charge in [-0.1, -0.05) is 246 Å². The van der Waals surface area contributed by atoms with Crippen LogP contribution in [0.5, 0.6) is 0 Å². The molecule has 0 spiro atoms. The molecule has 0 fully saturated rings. The Labute approximate surface area is 355 Å². The zero-order valence-corrected chi connectivity index (χ0v) is 38.8. The van der Waals surface area contributed by atoms with E-state index in [-0.39, 0.29) is 31.1 Å². The van der Waals surface area contributed by atoms with E-state index < -0.39 is 6.10 Å². The highest BCUT2D eigenvalue weighted by Crippen LogP contribution is 2.17. The van der Waals surface area contributed by atoms with Crippen LogP contribution in [0.4, 0.5) is 0 Å². The lowest BCUT2D eigenvalue weighted by molar-refractivity contribution is -0.167. The molecule has 0 bridgehead atoms. The second-order valence-electron chi connectivity index (χ2n) is 17.9. The Morgan fingerprint density at radius 3 is 0.860 bits per heavy atom. The van der Waals surface area contributed by atoms with E-state index >= 15 is 0 Å². The van der Waals surface area contributed by atoms with Gasteiger partial charge in [0.15, 0.2) is 6.10 Å². The minimum atomic E-state index is -0.758. The van der Waals surface area contributed by atoms with Crippen molar-refractivity contribution in [3.05, 3.63) is 0 Å². The van der Waals surface area contributed by atoms with E-state index in [0.29, 0.717) is 19.3 Å². The van der Waals surface area contributed by atoms with Gasteiger partial charge in [0.05, 0.1) is 0 Å². The summed E-state index contributed by atoms with van der Waals surface area (Å²) in [5, 5.41) is 0. The van der Waals surface area contributed by atoms with E-state index in [9.17, 15) is 14.4 Å². The molecular weight excluding hydrogens is 709 g/mol. The molecular formula is C51H98O6.